The molecule has 1 aliphatic rings. The van der Waals surface area contributed by atoms with Crippen molar-refractivity contribution in [2.24, 2.45) is 0 Å². The van der Waals surface area contributed by atoms with Gasteiger partial charge in [0.1, 0.15) is 11.2 Å². The van der Waals surface area contributed by atoms with Crippen molar-refractivity contribution in [2.45, 2.75) is 37.8 Å². The topological polar surface area (TPSA) is 84.1 Å². The number of nitrogens with zero attached hydrogens (tertiary/aromatic N) is 5. The maximum Gasteiger partial charge on any atom is 0.266 e. The highest BCUT2D eigenvalue weighted by molar-refractivity contribution is 7.12. The van der Waals surface area contributed by atoms with Gasteiger partial charge in [-0.15, -0.1) is 16.4 Å². The summed E-state index contributed by atoms with van der Waals surface area (Å²) in [6.07, 6.45) is 4.69. The standard InChI is InChI=1S/C13H17N5O2S/c1-17(9-4-2-3-5-11(9)19)13(20)12-10(6-7-21-12)18-8-14-15-16-18/h6-9,11,19H,2-5H2,1H3. The van der Waals surface area contributed by atoms with Crippen LogP contribution in [0.1, 0.15) is 35.4 Å². The Kier molecular flexibility index (Phi) is 3.98. The van der Waals surface area contributed by atoms with Crippen molar-refractivity contribution in [1.82, 2.24) is 25.1 Å². The molecular formula is C13H17N5O2S. The summed E-state index contributed by atoms with van der Waals surface area (Å²) in [7, 11) is 1.75. The molecule has 1 amide bonds. The molecule has 2 unspecified atom stereocenters. The van der Waals surface area contributed by atoms with Crippen molar-refractivity contribution in [2.75, 3.05) is 7.05 Å². The molecule has 1 aliphatic carbocycles. The first-order valence-electron chi connectivity index (χ1n) is 6.94. The first kappa shape index (κ1) is 14.2. The van der Waals surface area contributed by atoms with Crippen molar-refractivity contribution in [1.29, 1.82) is 0 Å². The predicted molar refractivity (Wildman–Crippen MR) is 77.4 cm³/mol. The average molecular weight is 307 g/mol. The number of tetrazole rings is 1. The van der Waals surface area contributed by atoms with Gasteiger partial charge in [-0.25, -0.2) is 0 Å². The lowest BCUT2D eigenvalue weighted by molar-refractivity contribution is 0.0271. The number of aliphatic hydroxyl groups is 1. The van der Waals surface area contributed by atoms with E-state index in [2.05, 4.69) is 15.5 Å². The molecule has 2 aromatic heterocycles. The third kappa shape index (κ3) is 2.68. The lowest BCUT2D eigenvalue weighted by Gasteiger charge is -2.35. The quantitative estimate of drug-likeness (QED) is 0.918. The van der Waals surface area contributed by atoms with Crippen LogP contribution in [-0.4, -0.2) is 55.3 Å². The number of aliphatic hydroxyl groups excluding tert-OH is 1. The average Bonchev–Trinajstić information content (AvgIpc) is 3.16. The Morgan fingerprint density at radius 3 is 3.00 bits per heavy atom. The summed E-state index contributed by atoms with van der Waals surface area (Å²) in [5.74, 6) is -0.0959. The van der Waals surface area contributed by atoms with E-state index in [4.69, 9.17) is 0 Å². The highest BCUT2D eigenvalue weighted by Gasteiger charge is 2.31. The summed E-state index contributed by atoms with van der Waals surface area (Å²) < 4.78 is 1.48. The van der Waals surface area contributed by atoms with Crippen LogP contribution in [0.25, 0.3) is 5.69 Å². The Bertz CT molecular complexity index is 612. The second kappa shape index (κ2) is 5.90. The number of aromatic nitrogens is 4. The molecule has 1 saturated carbocycles. The molecule has 2 aromatic rings. The van der Waals surface area contributed by atoms with E-state index in [-0.39, 0.29) is 11.9 Å². The van der Waals surface area contributed by atoms with Crippen LogP contribution in [0.3, 0.4) is 0 Å². The third-order valence-corrected chi connectivity index (χ3v) is 4.84. The minimum absolute atomic E-state index is 0.0959. The molecule has 8 heteroatoms. The molecule has 0 spiro atoms. The Hall–Kier alpha value is -1.80. The summed E-state index contributed by atoms with van der Waals surface area (Å²) in [4.78, 5) is 15.0. The molecule has 2 heterocycles. The smallest absolute Gasteiger partial charge is 0.266 e. The number of likely N-dealkylation sites (N-methyl/N-ethyl adjacent to an activating group) is 1. The monoisotopic (exact) mass is 307 g/mol. The number of carbonyl (C=O) groups excluding carboxylic acids is 1. The Labute approximate surface area is 126 Å². The van der Waals surface area contributed by atoms with E-state index in [1.165, 1.54) is 22.3 Å². The summed E-state index contributed by atoms with van der Waals surface area (Å²) in [5, 5.41) is 23.0. The number of hydrogen-bond acceptors (Lipinski definition) is 6. The van der Waals surface area contributed by atoms with E-state index in [0.29, 0.717) is 10.6 Å². The Morgan fingerprint density at radius 1 is 1.48 bits per heavy atom. The molecule has 7 nitrogen and oxygen atoms in total. The van der Waals surface area contributed by atoms with Crippen LogP contribution in [0.5, 0.6) is 0 Å². The van der Waals surface area contributed by atoms with Gasteiger partial charge in [-0.1, -0.05) is 12.8 Å². The fraction of sp³-hybridized carbons (Fsp3) is 0.538. The molecule has 21 heavy (non-hydrogen) atoms. The first-order valence-corrected chi connectivity index (χ1v) is 7.82. The Morgan fingerprint density at radius 2 is 2.29 bits per heavy atom. The number of thiophene rings is 1. The minimum Gasteiger partial charge on any atom is -0.391 e. The highest BCUT2D eigenvalue weighted by Crippen LogP contribution is 2.27. The van der Waals surface area contributed by atoms with Crippen molar-refractivity contribution in [3.05, 3.63) is 22.7 Å². The lowest BCUT2D eigenvalue weighted by atomic mass is 9.91. The predicted octanol–water partition coefficient (Wildman–Crippen LogP) is 1.10. The second-order valence-corrected chi connectivity index (χ2v) is 6.14. The molecule has 3 rings (SSSR count). The molecule has 0 aromatic carbocycles. The number of amides is 1. The van der Waals surface area contributed by atoms with Crippen LogP contribution >= 0.6 is 11.3 Å². The number of rotatable bonds is 3. The zero-order valence-electron chi connectivity index (χ0n) is 11.7. The minimum atomic E-state index is -0.441. The normalized spacial score (nSPS) is 22.2. The third-order valence-electron chi connectivity index (χ3n) is 3.95. The molecular weight excluding hydrogens is 290 g/mol. The van der Waals surface area contributed by atoms with Gasteiger partial charge in [0.25, 0.3) is 5.91 Å². The summed E-state index contributed by atoms with van der Waals surface area (Å²) in [5.41, 5.74) is 0.673. The molecule has 0 radical (unpaired) electrons. The van der Waals surface area contributed by atoms with E-state index in [0.717, 1.165) is 25.7 Å². The molecule has 0 saturated heterocycles. The zero-order chi connectivity index (χ0) is 14.8. The van der Waals surface area contributed by atoms with Gasteiger partial charge in [-0.2, -0.15) is 4.68 Å². The van der Waals surface area contributed by atoms with Crippen LogP contribution < -0.4 is 0 Å². The maximum absolute atomic E-state index is 12.7. The van der Waals surface area contributed by atoms with E-state index in [9.17, 15) is 9.90 Å². The second-order valence-electron chi connectivity index (χ2n) is 5.22. The van der Waals surface area contributed by atoms with Crippen molar-refractivity contribution in [3.8, 4) is 5.69 Å². The van der Waals surface area contributed by atoms with Gasteiger partial charge in [0.15, 0.2) is 0 Å². The van der Waals surface area contributed by atoms with Crippen LogP contribution in [0, 0.1) is 0 Å². The first-order chi connectivity index (χ1) is 10.2. The molecule has 112 valence electrons. The van der Waals surface area contributed by atoms with Gasteiger partial charge >= 0.3 is 0 Å². The van der Waals surface area contributed by atoms with Crippen LogP contribution in [0.2, 0.25) is 0 Å². The molecule has 1 N–H and O–H groups in total. The lowest BCUT2D eigenvalue weighted by Crippen LogP contribution is -2.46. The van der Waals surface area contributed by atoms with E-state index < -0.39 is 6.10 Å². The fourth-order valence-corrected chi connectivity index (χ4v) is 3.63. The van der Waals surface area contributed by atoms with Crippen LogP contribution in [0.4, 0.5) is 0 Å². The van der Waals surface area contributed by atoms with Crippen LogP contribution in [-0.2, 0) is 0 Å². The zero-order valence-corrected chi connectivity index (χ0v) is 12.5. The van der Waals surface area contributed by atoms with Gasteiger partial charge in [-0.05, 0) is 34.7 Å². The van der Waals surface area contributed by atoms with Crippen molar-refractivity contribution < 1.29 is 9.90 Å². The number of hydrogen-bond donors (Lipinski definition) is 1. The summed E-state index contributed by atoms with van der Waals surface area (Å²) in [6.45, 7) is 0. The van der Waals surface area contributed by atoms with E-state index >= 15 is 0 Å². The summed E-state index contributed by atoms with van der Waals surface area (Å²) >= 11 is 1.36. The molecule has 0 aliphatic heterocycles. The van der Waals surface area contributed by atoms with E-state index in [1.54, 1.807) is 11.9 Å². The van der Waals surface area contributed by atoms with Gasteiger partial charge in [0, 0.05) is 7.05 Å². The van der Waals surface area contributed by atoms with E-state index in [1.807, 2.05) is 11.4 Å². The number of carbonyl (C=O) groups is 1. The van der Waals surface area contributed by atoms with Gasteiger partial charge in [0.2, 0.25) is 0 Å². The van der Waals surface area contributed by atoms with Gasteiger partial charge < -0.3 is 10.0 Å². The van der Waals surface area contributed by atoms with Crippen LogP contribution in [0.15, 0.2) is 17.8 Å². The van der Waals surface area contributed by atoms with Gasteiger partial charge in [0.05, 0.1) is 17.8 Å². The fourth-order valence-electron chi connectivity index (χ4n) is 2.77. The Balaban J connectivity index is 1.84. The highest BCUT2D eigenvalue weighted by atomic mass is 32.1. The SMILES string of the molecule is CN(C(=O)c1sccc1-n1cnnn1)C1CCCCC1O. The maximum atomic E-state index is 12.7. The molecule has 2 atom stereocenters. The molecule has 0 bridgehead atoms. The largest absolute Gasteiger partial charge is 0.391 e. The van der Waals surface area contributed by atoms with Gasteiger partial charge in [-0.3, -0.25) is 4.79 Å². The van der Waals surface area contributed by atoms with Crippen molar-refractivity contribution in [3.63, 3.8) is 0 Å². The molecule has 1 fully saturated rings. The summed E-state index contributed by atoms with van der Waals surface area (Å²) in [6, 6.07) is 1.70. The van der Waals surface area contributed by atoms with Crippen molar-refractivity contribution >= 4 is 17.2 Å².